The predicted octanol–water partition coefficient (Wildman–Crippen LogP) is 1.66. The number of hydrogen-bond acceptors (Lipinski definition) is 3. The van der Waals surface area contributed by atoms with E-state index in [1.807, 2.05) is 6.92 Å². The summed E-state index contributed by atoms with van der Waals surface area (Å²) in [5, 5.41) is 10.4. The van der Waals surface area contributed by atoms with Crippen LogP contribution >= 0.6 is 0 Å². The molecule has 3 heteroatoms. The molecule has 1 heterocycles. The minimum absolute atomic E-state index is 0.0145. The second kappa shape index (κ2) is 3.59. The zero-order valence-electron chi connectivity index (χ0n) is 9.56. The van der Waals surface area contributed by atoms with Crippen LogP contribution in [0.4, 0.5) is 0 Å². The molecule has 5 atom stereocenters. The van der Waals surface area contributed by atoms with Crippen molar-refractivity contribution in [3.8, 4) is 0 Å². The van der Waals surface area contributed by atoms with Crippen molar-refractivity contribution in [2.75, 3.05) is 0 Å². The van der Waals surface area contributed by atoms with Crippen molar-refractivity contribution in [1.29, 1.82) is 0 Å². The Balaban J connectivity index is 1.97. The lowest BCUT2D eigenvalue weighted by molar-refractivity contribution is -0.142. The molecule has 2 aliphatic carbocycles. The summed E-state index contributed by atoms with van der Waals surface area (Å²) in [6, 6.07) is 0. The van der Waals surface area contributed by atoms with E-state index in [9.17, 15) is 9.90 Å². The van der Waals surface area contributed by atoms with Crippen LogP contribution in [-0.2, 0) is 9.53 Å². The summed E-state index contributed by atoms with van der Waals surface area (Å²) in [4.78, 5) is 11.7. The maximum Gasteiger partial charge on any atom is 0.313 e. The van der Waals surface area contributed by atoms with Crippen molar-refractivity contribution in [2.45, 2.75) is 44.8 Å². The molecule has 0 aromatic carbocycles. The van der Waals surface area contributed by atoms with E-state index in [1.165, 1.54) is 18.4 Å². The second-order valence-corrected chi connectivity index (χ2v) is 5.33. The average molecular weight is 222 g/mol. The molecular formula is C13H18O3. The summed E-state index contributed by atoms with van der Waals surface area (Å²) in [5.74, 6) is -0.0614. The first-order chi connectivity index (χ1) is 7.68. The first-order valence-electron chi connectivity index (χ1n) is 6.27. The molecule has 3 aliphatic rings. The second-order valence-electron chi connectivity index (χ2n) is 5.33. The molecule has 0 aromatic rings. The molecule has 1 aliphatic heterocycles. The van der Waals surface area contributed by atoms with Crippen molar-refractivity contribution in [3.63, 3.8) is 0 Å². The Morgan fingerprint density at radius 1 is 1.44 bits per heavy atom. The highest BCUT2D eigenvalue weighted by Gasteiger charge is 2.50. The van der Waals surface area contributed by atoms with E-state index in [1.54, 1.807) is 0 Å². The molecule has 0 radical (unpaired) electrons. The van der Waals surface area contributed by atoms with Crippen LogP contribution in [0.15, 0.2) is 11.6 Å². The van der Waals surface area contributed by atoms with E-state index < -0.39 is 0 Å². The molecule has 0 amide bonds. The summed E-state index contributed by atoms with van der Waals surface area (Å²) >= 11 is 0. The number of ether oxygens (including phenoxy) is 1. The lowest BCUT2D eigenvalue weighted by Crippen LogP contribution is -2.42. The number of cyclic esters (lactones) is 1. The fraction of sp³-hybridized carbons (Fsp3) is 0.769. The number of carbonyl (C=O) groups is 1. The van der Waals surface area contributed by atoms with Gasteiger partial charge in [-0.2, -0.15) is 0 Å². The zero-order valence-corrected chi connectivity index (χ0v) is 9.56. The van der Waals surface area contributed by atoms with Crippen LogP contribution < -0.4 is 0 Å². The largest absolute Gasteiger partial charge is 0.462 e. The molecule has 16 heavy (non-hydrogen) atoms. The third-order valence-electron chi connectivity index (χ3n) is 4.44. The molecule has 0 unspecified atom stereocenters. The van der Waals surface area contributed by atoms with E-state index in [0.717, 1.165) is 12.8 Å². The standard InChI is InChI=1S/C13H18O3/c1-7-11-10(13(15)16-7)6-8-4-2-3-5-9(8)12(11)14/h6-7,9-12,14H,2-5H2,1H3/t7-,9-,10-,11-,12+/m1/s1. The van der Waals surface area contributed by atoms with Crippen molar-refractivity contribution in [2.24, 2.45) is 17.8 Å². The van der Waals surface area contributed by atoms with E-state index >= 15 is 0 Å². The van der Waals surface area contributed by atoms with Crippen LogP contribution in [0.5, 0.6) is 0 Å². The Morgan fingerprint density at radius 3 is 3.06 bits per heavy atom. The summed E-state index contributed by atoms with van der Waals surface area (Å²) in [6.45, 7) is 1.90. The van der Waals surface area contributed by atoms with Gasteiger partial charge in [0.25, 0.3) is 0 Å². The van der Waals surface area contributed by atoms with Gasteiger partial charge < -0.3 is 9.84 Å². The lowest BCUT2D eigenvalue weighted by Gasteiger charge is -2.38. The maximum absolute atomic E-state index is 11.7. The van der Waals surface area contributed by atoms with Gasteiger partial charge in [0, 0.05) is 11.8 Å². The first-order valence-corrected chi connectivity index (χ1v) is 6.27. The predicted molar refractivity (Wildman–Crippen MR) is 58.6 cm³/mol. The van der Waals surface area contributed by atoms with Crippen LogP contribution in [0.2, 0.25) is 0 Å². The SMILES string of the molecule is C[C@H]1OC(=O)[C@@H]2C=C3CCCC[C@H]3[C@H](O)[C@H]12. The minimum atomic E-state index is -0.383. The quantitative estimate of drug-likeness (QED) is 0.501. The van der Waals surface area contributed by atoms with Gasteiger partial charge >= 0.3 is 5.97 Å². The Labute approximate surface area is 95.5 Å². The Hall–Kier alpha value is -0.830. The summed E-state index contributed by atoms with van der Waals surface area (Å²) < 4.78 is 5.24. The van der Waals surface area contributed by atoms with E-state index in [-0.39, 0.29) is 35.9 Å². The van der Waals surface area contributed by atoms with Gasteiger partial charge in [-0.25, -0.2) is 0 Å². The summed E-state index contributed by atoms with van der Waals surface area (Å²) in [5.41, 5.74) is 1.30. The highest BCUT2D eigenvalue weighted by atomic mass is 16.6. The number of fused-ring (bicyclic) bond motifs is 2. The van der Waals surface area contributed by atoms with Gasteiger partial charge in [-0.15, -0.1) is 0 Å². The van der Waals surface area contributed by atoms with Crippen LogP contribution in [0, 0.1) is 17.8 Å². The lowest BCUT2D eigenvalue weighted by atomic mass is 9.67. The third kappa shape index (κ3) is 1.34. The molecule has 3 nitrogen and oxygen atoms in total. The van der Waals surface area contributed by atoms with Gasteiger partial charge in [-0.05, 0) is 26.2 Å². The topological polar surface area (TPSA) is 46.5 Å². The monoisotopic (exact) mass is 222 g/mol. The van der Waals surface area contributed by atoms with Crippen LogP contribution in [0.3, 0.4) is 0 Å². The molecule has 1 N–H and O–H groups in total. The number of hydrogen-bond donors (Lipinski definition) is 1. The van der Waals surface area contributed by atoms with Gasteiger partial charge in [0.15, 0.2) is 0 Å². The van der Waals surface area contributed by atoms with Gasteiger partial charge in [0.1, 0.15) is 6.10 Å². The van der Waals surface area contributed by atoms with Crippen LogP contribution in [0.1, 0.15) is 32.6 Å². The molecule has 0 bridgehead atoms. The molecule has 1 saturated heterocycles. The Bertz CT molecular complexity index is 347. The average Bonchev–Trinajstić information content (AvgIpc) is 2.55. The molecule has 88 valence electrons. The van der Waals surface area contributed by atoms with E-state index in [2.05, 4.69) is 6.08 Å². The smallest absolute Gasteiger partial charge is 0.313 e. The van der Waals surface area contributed by atoms with E-state index in [0.29, 0.717) is 0 Å². The summed E-state index contributed by atoms with van der Waals surface area (Å²) in [6.07, 6.45) is 6.08. The van der Waals surface area contributed by atoms with Crippen LogP contribution in [0.25, 0.3) is 0 Å². The van der Waals surface area contributed by atoms with E-state index in [4.69, 9.17) is 4.74 Å². The third-order valence-corrected chi connectivity index (χ3v) is 4.44. The fourth-order valence-electron chi connectivity index (χ4n) is 3.62. The van der Waals surface area contributed by atoms with Crippen molar-refractivity contribution in [3.05, 3.63) is 11.6 Å². The molecule has 2 fully saturated rings. The molecule has 3 rings (SSSR count). The molecular weight excluding hydrogens is 204 g/mol. The number of carbonyl (C=O) groups excluding carboxylic acids is 1. The molecule has 0 aromatic heterocycles. The van der Waals surface area contributed by atoms with Gasteiger partial charge in [-0.1, -0.05) is 18.1 Å². The number of esters is 1. The van der Waals surface area contributed by atoms with Gasteiger partial charge in [0.05, 0.1) is 12.0 Å². The number of aliphatic hydroxyl groups is 1. The Morgan fingerprint density at radius 2 is 2.25 bits per heavy atom. The highest BCUT2D eigenvalue weighted by Crippen LogP contribution is 2.46. The van der Waals surface area contributed by atoms with Gasteiger partial charge in [0.2, 0.25) is 0 Å². The number of aliphatic hydroxyl groups excluding tert-OH is 1. The normalized spacial score (nSPS) is 46.8. The summed E-state index contributed by atoms with van der Waals surface area (Å²) in [7, 11) is 0. The van der Waals surface area contributed by atoms with Crippen LogP contribution in [-0.4, -0.2) is 23.3 Å². The highest BCUT2D eigenvalue weighted by molar-refractivity contribution is 5.78. The van der Waals surface area contributed by atoms with Crippen molar-refractivity contribution < 1.29 is 14.6 Å². The fourth-order valence-corrected chi connectivity index (χ4v) is 3.62. The maximum atomic E-state index is 11.7. The molecule has 0 spiro atoms. The first kappa shape index (κ1) is 10.3. The zero-order chi connectivity index (χ0) is 11.3. The molecule has 1 saturated carbocycles. The Kier molecular flexibility index (Phi) is 2.32. The van der Waals surface area contributed by atoms with Crippen molar-refractivity contribution >= 4 is 5.97 Å². The van der Waals surface area contributed by atoms with Gasteiger partial charge in [-0.3, -0.25) is 4.79 Å². The number of rotatable bonds is 0. The van der Waals surface area contributed by atoms with Crippen molar-refractivity contribution in [1.82, 2.24) is 0 Å². The minimum Gasteiger partial charge on any atom is -0.462 e.